The van der Waals surface area contributed by atoms with Crippen LogP contribution in [0.4, 0.5) is 0 Å². The van der Waals surface area contributed by atoms with E-state index in [0.29, 0.717) is 42.6 Å². The molecular formula is C51H71N11O13S2. The number of nitrogens with two attached hydrogens (primary N) is 2. The summed E-state index contributed by atoms with van der Waals surface area (Å²) in [5.74, 6) is -8.98. The zero-order valence-electron chi connectivity index (χ0n) is 43.2. The molecule has 5 rings (SSSR count). The van der Waals surface area contributed by atoms with Crippen LogP contribution in [0.15, 0.2) is 48.8 Å². The predicted molar refractivity (Wildman–Crippen MR) is 283 cm³/mol. The largest absolute Gasteiger partial charge is 0.481 e. The monoisotopic (exact) mass is 1110 g/mol. The second-order valence-electron chi connectivity index (χ2n) is 19.4. The minimum atomic E-state index is -1.72. The van der Waals surface area contributed by atoms with Crippen molar-refractivity contribution in [1.29, 1.82) is 0 Å². The zero-order chi connectivity index (χ0) is 56.2. The van der Waals surface area contributed by atoms with Crippen molar-refractivity contribution in [2.75, 3.05) is 24.6 Å². The number of carboxylic acids is 1. The van der Waals surface area contributed by atoms with Gasteiger partial charge in [-0.1, -0.05) is 56.2 Å². The normalized spacial score (nSPS) is 24.3. The molecule has 2 saturated heterocycles. The highest BCUT2D eigenvalue weighted by Crippen LogP contribution is 2.27. The molecule has 1 aromatic carbocycles. The quantitative estimate of drug-likeness (QED) is 0.0891. The third kappa shape index (κ3) is 18.7. The van der Waals surface area contributed by atoms with Crippen LogP contribution in [-0.4, -0.2) is 169 Å². The van der Waals surface area contributed by atoms with Gasteiger partial charge in [0.2, 0.25) is 59.1 Å². The molecule has 10 amide bonds. The molecule has 0 spiro atoms. The Morgan fingerprint density at radius 1 is 0.779 bits per heavy atom. The van der Waals surface area contributed by atoms with E-state index in [-0.39, 0.29) is 55.5 Å². The molecular weight excluding hydrogens is 1040 g/mol. The number of amides is 10. The second-order valence-corrected chi connectivity index (χ2v) is 21.4. The standard InChI is InChI=1S/C51H71N11O13S2/c1-3-4-6-15-41(65)55-37-28-77-26-32-20-31(23-54-24-32)25-76-27-36(47(71)57-34(44(53)68)22-42(66)67)59-46(70)35(21-30-11-7-5-8-12-30)58-45(69)33(16-17-40(52)64)56-49(73)43(29(2)63)60-48(72)38-13-9-18-61(38)51(75)39-14-10-19-62(39)50(37)74/h5,7-8,11-12,20,23-24,29,33-39,43,63H,3-4,6,9-10,13-19,21-22,25-28H2,1-2H3,(H2,52,64)(H2,53,68)(H,55,65)(H,56,73)(H,57,71)(H,58,69)(H,59,70)(H,60,72)(H,66,67)/t29-,33+,34+,35+,36+,37+,38+,39+,43+/m1/s1. The first-order valence-corrected chi connectivity index (χ1v) is 28.1. The van der Waals surface area contributed by atoms with Crippen molar-refractivity contribution in [3.63, 3.8) is 0 Å². The number of carboxylic acid groups (broad SMARTS) is 1. The molecule has 0 saturated carbocycles. The molecule has 4 heterocycles. The number of thioether (sulfide) groups is 2. The summed E-state index contributed by atoms with van der Waals surface area (Å²) < 4.78 is 0. The van der Waals surface area contributed by atoms with E-state index in [1.165, 1.54) is 28.5 Å². The molecule has 3 aliphatic heterocycles. The maximum atomic E-state index is 14.5. The van der Waals surface area contributed by atoms with Crippen LogP contribution in [0.2, 0.25) is 0 Å². The van der Waals surface area contributed by atoms with Gasteiger partial charge in [-0.3, -0.25) is 57.7 Å². The molecule has 0 aliphatic carbocycles. The molecule has 2 aromatic rings. The number of aromatic nitrogens is 1. The Labute approximate surface area is 454 Å². The van der Waals surface area contributed by atoms with Gasteiger partial charge in [0.05, 0.1) is 12.5 Å². The first kappa shape index (κ1) is 61.1. The summed E-state index contributed by atoms with van der Waals surface area (Å²) in [6, 6.07) is -0.814. The third-order valence-electron chi connectivity index (χ3n) is 13.2. The summed E-state index contributed by atoms with van der Waals surface area (Å²) in [7, 11) is 0. The van der Waals surface area contributed by atoms with Crippen LogP contribution in [0.3, 0.4) is 0 Å². The fraction of sp³-hybridized carbons (Fsp3) is 0.569. The van der Waals surface area contributed by atoms with Gasteiger partial charge in [-0.05, 0) is 62.1 Å². The Morgan fingerprint density at radius 3 is 2.03 bits per heavy atom. The minimum Gasteiger partial charge on any atom is -0.481 e. The molecule has 1 aromatic heterocycles. The fourth-order valence-electron chi connectivity index (χ4n) is 9.18. The Hall–Kier alpha value is -6.80. The van der Waals surface area contributed by atoms with Crippen molar-refractivity contribution in [3.05, 3.63) is 65.5 Å². The number of aliphatic hydroxyl groups is 1. The first-order chi connectivity index (χ1) is 36.8. The molecule has 0 radical (unpaired) electrons. The molecule has 12 N–H and O–H groups in total. The van der Waals surface area contributed by atoms with Gasteiger partial charge >= 0.3 is 5.97 Å². The Morgan fingerprint density at radius 2 is 1.40 bits per heavy atom. The smallest absolute Gasteiger partial charge is 0.305 e. The van der Waals surface area contributed by atoms with E-state index in [4.69, 9.17) is 11.5 Å². The topological polar surface area (TPSA) is 372 Å². The number of nitrogens with zero attached hydrogens (tertiary/aromatic N) is 3. The van der Waals surface area contributed by atoms with E-state index < -0.39 is 133 Å². The summed E-state index contributed by atoms with van der Waals surface area (Å²) >= 11 is 2.52. The fourth-order valence-corrected chi connectivity index (χ4v) is 11.1. The van der Waals surface area contributed by atoms with Gasteiger partial charge in [0.25, 0.3) is 0 Å². The summed E-state index contributed by atoms with van der Waals surface area (Å²) in [5, 5.41) is 35.8. The van der Waals surface area contributed by atoms with Crippen molar-refractivity contribution < 1.29 is 63.0 Å². The number of fused-ring (bicyclic) bond motifs is 4. The lowest BCUT2D eigenvalue weighted by atomic mass is 10.0. The van der Waals surface area contributed by atoms with E-state index in [1.54, 1.807) is 42.7 Å². The second kappa shape index (κ2) is 30.2. The molecule has 26 heteroatoms. The van der Waals surface area contributed by atoms with E-state index in [0.717, 1.165) is 30.2 Å². The van der Waals surface area contributed by atoms with Crippen molar-refractivity contribution in [2.24, 2.45) is 11.5 Å². The van der Waals surface area contributed by atoms with E-state index in [1.807, 2.05) is 13.0 Å². The Bertz CT molecular complexity index is 2450. The molecule has 420 valence electrons. The van der Waals surface area contributed by atoms with Crippen LogP contribution in [0.25, 0.3) is 0 Å². The van der Waals surface area contributed by atoms with Crippen LogP contribution in [-0.2, 0) is 70.7 Å². The molecule has 3 aliphatic rings. The number of benzene rings is 1. The number of pyridine rings is 1. The molecule has 0 unspecified atom stereocenters. The Balaban J connectivity index is 1.53. The van der Waals surface area contributed by atoms with Crippen LogP contribution >= 0.6 is 23.5 Å². The zero-order valence-corrected chi connectivity index (χ0v) is 44.9. The van der Waals surface area contributed by atoms with Crippen LogP contribution < -0.4 is 43.4 Å². The number of aliphatic carboxylic acids is 1. The van der Waals surface area contributed by atoms with Gasteiger partial charge in [0.15, 0.2) is 0 Å². The molecule has 2 bridgehead atoms. The van der Waals surface area contributed by atoms with E-state index in [9.17, 15) is 63.0 Å². The van der Waals surface area contributed by atoms with Crippen molar-refractivity contribution in [2.45, 2.75) is 157 Å². The van der Waals surface area contributed by atoms with Crippen LogP contribution in [0.1, 0.15) is 101 Å². The molecule has 24 nitrogen and oxygen atoms in total. The van der Waals surface area contributed by atoms with Gasteiger partial charge in [-0.15, -0.1) is 0 Å². The summed E-state index contributed by atoms with van der Waals surface area (Å²) in [6.07, 6.45) is 3.59. The van der Waals surface area contributed by atoms with Crippen molar-refractivity contribution in [3.8, 4) is 0 Å². The van der Waals surface area contributed by atoms with Crippen molar-refractivity contribution >= 4 is 88.6 Å². The van der Waals surface area contributed by atoms with Crippen LogP contribution in [0, 0.1) is 0 Å². The van der Waals surface area contributed by atoms with E-state index in [2.05, 4.69) is 36.9 Å². The van der Waals surface area contributed by atoms with E-state index >= 15 is 0 Å². The summed E-state index contributed by atoms with van der Waals surface area (Å²) in [6.45, 7) is 3.59. The minimum absolute atomic E-state index is 0.131. The number of hydrogen-bond donors (Lipinski definition) is 10. The average molecular weight is 1110 g/mol. The lowest BCUT2D eigenvalue weighted by Crippen LogP contribution is -2.62. The number of carbonyl (C=O) groups is 11. The highest BCUT2D eigenvalue weighted by Gasteiger charge is 2.45. The van der Waals surface area contributed by atoms with Gasteiger partial charge in [-0.25, -0.2) is 0 Å². The van der Waals surface area contributed by atoms with Gasteiger partial charge in [-0.2, -0.15) is 23.5 Å². The molecule has 2 fully saturated rings. The highest BCUT2D eigenvalue weighted by atomic mass is 32.2. The lowest BCUT2D eigenvalue weighted by Gasteiger charge is -2.33. The SMILES string of the molecule is CCCCCC(=O)N[C@H]1CSCc2cncc(c2)CSC[C@@H](C(=O)N[C@@H](CC(=O)O)C(N)=O)NC(=O)[C@H](Cc2ccccc2)NC(=O)[C@H](CCC(N)=O)NC(=O)[C@H]([C@@H](C)O)NC(=O)[C@@H]2CCCN2C(=O)[C@@H]2CCCN2C1=O. The van der Waals surface area contributed by atoms with Gasteiger partial charge in [0.1, 0.15) is 48.3 Å². The van der Waals surface area contributed by atoms with Gasteiger partial charge in [0, 0.05) is 67.8 Å². The molecule has 9 atom stereocenters. The number of carbonyl (C=O) groups excluding carboxylic acids is 10. The number of nitrogens with one attached hydrogen (secondary N) is 6. The third-order valence-corrected chi connectivity index (χ3v) is 15.4. The number of hydrogen-bond acceptors (Lipinski definition) is 15. The summed E-state index contributed by atoms with van der Waals surface area (Å²) in [4.78, 5) is 156. The van der Waals surface area contributed by atoms with Crippen molar-refractivity contribution in [1.82, 2.24) is 46.7 Å². The predicted octanol–water partition coefficient (Wildman–Crippen LogP) is -1.12. The van der Waals surface area contributed by atoms with Crippen LogP contribution in [0.5, 0.6) is 0 Å². The summed E-state index contributed by atoms with van der Waals surface area (Å²) in [5.41, 5.74) is 12.9. The lowest BCUT2D eigenvalue weighted by molar-refractivity contribution is -0.148. The number of unbranched alkanes of at least 4 members (excludes halogenated alkanes) is 2. The maximum absolute atomic E-state index is 14.5. The molecule has 77 heavy (non-hydrogen) atoms. The van der Waals surface area contributed by atoms with Gasteiger partial charge < -0.3 is 63.4 Å². The number of primary amides is 2. The Kier molecular flexibility index (Phi) is 24.0. The maximum Gasteiger partial charge on any atom is 0.305 e. The first-order valence-electron chi connectivity index (χ1n) is 25.8. The number of rotatable bonds is 16. The average Bonchev–Trinajstić information content (AvgIpc) is 4.10. The highest BCUT2D eigenvalue weighted by molar-refractivity contribution is 7.98. The number of aliphatic hydroxyl groups excluding tert-OH is 1.